The van der Waals surface area contributed by atoms with Gasteiger partial charge in [0.05, 0.1) is 13.2 Å². The zero-order chi connectivity index (χ0) is 13.2. The normalized spacial score (nSPS) is 22.2. The maximum absolute atomic E-state index is 12.5. The van der Waals surface area contributed by atoms with E-state index in [1.165, 1.54) is 11.3 Å². The summed E-state index contributed by atoms with van der Waals surface area (Å²) in [6.07, 6.45) is 0.757. The molecule has 0 aromatic carbocycles. The Kier molecular flexibility index (Phi) is 4.66. The Morgan fingerprint density at radius 3 is 3.00 bits per heavy atom. The van der Waals surface area contributed by atoms with Gasteiger partial charge in [-0.3, -0.25) is 0 Å². The summed E-state index contributed by atoms with van der Waals surface area (Å²) in [5.41, 5.74) is 0.849. The lowest BCUT2D eigenvalue weighted by atomic mass is 10.2. The molecule has 1 fully saturated rings. The van der Waals surface area contributed by atoms with E-state index < -0.39 is 10.0 Å². The third-order valence-electron chi connectivity index (χ3n) is 2.99. The van der Waals surface area contributed by atoms with Crippen LogP contribution in [0, 0.1) is 0 Å². The van der Waals surface area contributed by atoms with Gasteiger partial charge in [-0.15, -0.1) is 22.9 Å². The third-order valence-corrected chi connectivity index (χ3v) is 6.72. The van der Waals surface area contributed by atoms with E-state index in [0.717, 1.165) is 12.0 Å². The molecule has 1 aromatic rings. The van der Waals surface area contributed by atoms with Gasteiger partial charge in [-0.1, -0.05) is 6.92 Å². The van der Waals surface area contributed by atoms with Crippen LogP contribution in [0.25, 0.3) is 0 Å². The molecule has 18 heavy (non-hydrogen) atoms. The van der Waals surface area contributed by atoms with Crippen molar-refractivity contribution in [1.82, 2.24) is 4.31 Å². The largest absolute Gasteiger partial charge is 0.378 e. The fourth-order valence-electron chi connectivity index (χ4n) is 1.95. The molecule has 0 amide bonds. The van der Waals surface area contributed by atoms with Crippen LogP contribution in [-0.4, -0.2) is 38.5 Å². The van der Waals surface area contributed by atoms with Gasteiger partial charge in [0, 0.05) is 18.5 Å². The van der Waals surface area contributed by atoms with E-state index in [9.17, 15) is 8.42 Å². The number of sulfonamides is 1. The zero-order valence-corrected chi connectivity index (χ0v) is 12.5. The van der Waals surface area contributed by atoms with Crippen LogP contribution >= 0.6 is 22.9 Å². The van der Waals surface area contributed by atoms with Crippen molar-refractivity contribution in [2.24, 2.45) is 0 Å². The van der Waals surface area contributed by atoms with E-state index in [1.54, 1.807) is 15.8 Å². The fraction of sp³-hybridized carbons (Fsp3) is 0.636. The van der Waals surface area contributed by atoms with Gasteiger partial charge in [0.1, 0.15) is 4.21 Å². The summed E-state index contributed by atoms with van der Waals surface area (Å²) < 4.78 is 32.3. The average molecular weight is 310 g/mol. The number of rotatable bonds is 4. The van der Waals surface area contributed by atoms with Crippen molar-refractivity contribution in [3.8, 4) is 0 Å². The van der Waals surface area contributed by atoms with E-state index in [-0.39, 0.29) is 6.04 Å². The molecule has 0 aliphatic carbocycles. The summed E-state index contributed by atoms with van der Waals surface area (Å²) in [6, 6.07) is 1.60. The smallest absolute Gasteiger partial charge is 0.252 e. The average Bonchev–Trinajstić information content (AvgIpc) is 2.88. The maximum Gasteiger partial charge on any atom is 0.252 e. The van der Waals surface area contributed by atoms with Gasteiger partial charge >= 0.3 is 0 Å². The van der Waals surface area contributed by atoms with Crippen LogP contribution in [0.3, 0.4) is 0 Å². The second-order valence-corrected chi connectivity index (χ2v) is 7.46. The molecule has 102 valence electrons. The standard InChI is InChI=1S/C11H16ClNO3S2/c1-2-10-7-16-4-3-13(10)18(14,15)11-5-9(6-12)8-17-11/h5,8,10H,2-4,6-7H2,1H3. The Labute approximate surface area is 117 Å². The number of morpholine rings is 1. The first-order valence-corrected chi connectivity index (χ1v) is 8.68. The second kappa shape index (κ2) is 5.88. The summed E-state index contributed by atoms with van der Waals surface area (Å²) in [6.45, 7) is 3.34. The lowest BCUT2D eigenvalue weighted by molar-refractivity contribution is 0.0315. The van der Waals surface area contributed by atoms with Crippen molar-refractivity contribution >= 4 is 33.0 Å². The molecule has 0 saturated carbocycles. The molecule has 0 bridgehead atoms. The minimum atomic E-state index is -3.40. The predicted octanol–water partition coefficient (Wildman–Crippen LogP) is 2.29. The number of alkyl halides is 1. The Morgan fingerprint density at radius 2 is 2.39 bits per heavy atom. The van der Waals surface area contributed by atoms with Gasteiger partial charge < -0.3 is 4.74 Å². The molecule has 1 unspecified atom stereocenters. The molecular formula is C11H16ClNO3S2. The second-order valence-electron chi connectivity index (χ2n) is 4.16. The van der Waals surface area contributed by atoms with E-state index >= 15 is 0 Å². The van der Waals surface area contributed by atoms with Crippen LogP contribution in [0.5, 0.6) is 0 Å². The van der Waals surface area contributed by atoms with Crippen molar-refractivity contribution < 1.29 is 13.2 Å². The van der Waals surface area contributed by atoms with Gasteiger partial charge in [-0.05, 0) is 23.4 Å². The predicted molar refractivity (Wildman–Crippen MR) is 72.7 cm³/mol. The van der Waals surface area contributed by atoms with Gasteiger partial charge in [0.25, 0.3) is 10.0 Å². The van der Waals surface area contributed by atoms with E-state index in [4.69, 9.17) is 16.3 Å². The summed E-state index contributed by atoms with van der Waals surface area (Å²) in [5.74, 6) is 0.340. The molecule has 1 aliphatic heterocycles. The molecule has 2 heterocycles. The van der Waals surface area contributed by atoms with Crippen LogP contribution in [0.2, 0.25) is 0 Å². The highest BCUT2D eigenvalue weighted by Crippen LogP contribution is 2.27. The molecular weight excluding hydrogens is 294 g/mol. The summed E-state index contributed by atoms with van der Waals surface area (Å²) >= 11 is 6.94. The van der Waals surface area contributed by atoms with Gasteiger partial charge in [0.15, 0.2) is 0 Å². The highest BCUT2D eigenvalue weighted by molar-refractivity contribution is 7.91. The molecule has 0 N–H and O–H groups in total. The minimum Gasteiger partial charge on any atom is -0.378 e. The number of nitrogens with zero attached hydrogens (tertiary/aromatic N) is 1. The summed E-state index contributed by atoms with van der Waals surface area (Å²) in [7, 11) is -3.40. The van der Waals surface area contributed by atoms with Crippen molar-refractivity contribution in [1.29, 1.82) is 0 Å². The minimum absolute atomic E-state index is 0.0645. The highest BCUT2D eigenvalue weighted by atomic mass is 35.5. The Hall–Kier alpha value is -0.140. The molecule has 7 heteroatoms. The molecule has 0 radical (unpaired) electrons. The topological polar surface area (TPSA) is 46.6 Å². The quantitative estimate of drug-likeness (QED) is 0.802. The molecule has 1 atom stereocenters. The van der Waals surface area contributed by atoms with Crippen LogP contribution in [0.15, 0.2) is 15.7 Å². The molecule has 1 saturated heterocycles. The first kappa shape index (κ1) is 14.3. The monoisotopic (exact) mass is 309 g/mol. The van der Waals surface area contributed by atoms with E-state index in [2.05, 4.69) is 0 Å². The third kappa shape index (κ3) is 2.72. The first-order valence-electron chi connectivity index (χ1n) is 5.82. The number of ether oxygens (including phenoxy) is 1. The lowest BCUT2D eigenvalue weighted by Gasteiger charge is -2.33. The van der Waals surface area contributed by atoms with Crippen molar-refractivity contribution in [3.05, 3.63) is 17.0 Å². The van der Waals surface area contributed by atoms with Crippen LogP contribution in [0.1, 0.15) is 18.9 Å². The molecule has 0 spiro atoms. The fourth-order valence-corrected chi connectivity index (χ4v) is 5.20. The Morgan fingerprint density at radius 1 is 1.61 bits per heavy atom. The summed E-state index contributed by atoms with van der Waals surface area (Å²) in [4.78, 5) is 0. The van der Waals surface area contributed by atoms with Crippen LogP contribution in [-0.2, 0) is 20.6 Å². The lowest BCUT2D eigenvalue weighted by Crippen LogP contribution is -2.48. The van der Waals surface area contributed by atoms with Crippen molar-refractivity contribution in [2.75, 3.05) is 19.8 Å². The summed E-state index contributed by atoms with van der Waals surface area (Å²) in [5, 5.41) is 1.79. The van der Waals surface area contributed by atoms with E-state index in [1.807, 2.05) is 6.92 Å². The van der Waals surface area contributed by atoms with Gasteiger partial charge in [0.2, 0.25) is 0 Å². The van der Waals surface area contributed by atoms with Gasteiger partial charge in [-0.25, -0.2) is 8.42 Å². The molecule has 2 rings (SSSR count). The molecule has 1 aliphatic rings. The Balaban J connectivity index is 2.28. The highest BCUT2D eigenvalue weighted by Gasteiger charge is 2.33. The number of hydrogen-bond donors (Lipinski definition) is 0. The SMILES string of the molecule is CCC1COCCN1S(=O)(=O)c1cc(CCl)cs1. The first-order chi connectivity index (χ1) is 8.59. The Bertz CT molecular complexity index is 500. The number of halogens is 1. The van der Waals surface area contributed by atoms with Crippen LogP contribution < -0.4 is 0 Å². The van der Waals surface area contributed by atoms with Crippen molar-refractivity contribution in [2.45, 2.75) is 29.5 Å². The zero-order valence-electron chi connectivity index (χ0n) is 10.1. The van der Waals surface area contributed by atoms with Crippen LogP contribution in [0.4, 0.5) is 0 Å². The van der Waals surface area contributed by atoms with Gasteiger partial charge in [-0.2, -0.15) is 4.31 Å². The van der Waals surface area contributed by atoms with E-state index in [0.29, 0.717) is 29.8 Å². The number of thiophene rings is 1. The van der Waals surface area contributed by atoms with Crippen molar-refractivity contribution in [3.63, 3.8) is 0 Å². The number of hydrogen-bond acceptors (Lipinski definition) is 4. The molecule has 1 aromatic heterocycles. The maximum atomic E-state index is 12.5. The molecule has 4 nitrogen and oxygen atoms in total.